The number of carbonyl (C=O) groups is 1. The largest absolute Gasteiger partial charge is 0.341 e. The summed E-state index contributed by atoms with van der Waals surface area (Å²) in [5, 5.41) is 4.62. The maximum Gasteiger partial charge on any atom is 0.297 e. The predicted molar refractivity (Wildman–Crippen MR) is 41.5 cm³/mol. The quantitative estimate of drug-likeness (QED) is 0.527. The summed E-state index contributed by atoms with van der Waals surface area (Å²) in [6.45, 7) is 5.63. The first kappa shape index (κ1) is 9.32. The Morgan fingerprint density at radius 3 is 2.30 bits per heavy atom. The Hall–Kier alpha value is -0.680. The van der Waals surface area contributed by atoms with E-state index in [2.05, 4.69) is 11.2 Å². The second-order valence-electron chi connectivity index (χ2n) is 2.92. The minimum atomic E-state index is -0.345. The van der Waals surface area contributed by atoms with Gasteiger partial charge in [0.2, 0.25) is 0 Å². The lowest BCUT2D eigenvalue weighted by molar-refractivity contribution is -0.116. The fraction of sp³-hybridized carbons (Fsp3) is 0.571. The first-order valence-electron chi connectivity index (χ1n) is 2.89. The number of hydrogen-bond acceptors (Lipinski definition) is 1. The van der Waals surface area contributed by atoms with Crippen molar-refractivity contribution in [2.45, 2.75) is 26.3 Å². The van der Waals surface area contributed by atoms with Crippen LogP contribution in [0.4, 0.5) is 0 Å². The van der Waals surface area contributed by atoms with Crippen molar-refractivity contribution in [1.82, 2.24) is 5.32 Å². The zero-order chi connectivity index (χ0) is 8.20. The topological polar surface area (TPSA) is 29.1 Å². The van der Waals surface area contributed by atoms with Gasteiger partial charge in [-0.05, 0) is 32.4 Å². The fourth-order valence-corrected chi connectivity index (χ4v) is 0.501. The highest BCUT2D eigenvalue weighted by molar-refractivity contribution is 6.31. The van der Waals surface area contributed by atoms with Gasteiger partial charge in [0, 0.05) is 16.8 Å². The van der Waals surface area contributed by atoms with E-state index in [0.29, 0.717) is 0 Å². The van der Waals surface area contributed by atoms with Gasteiger partial charge in [0.1, 0.15) is 0 Å². The van der Waals surface area contributed by atoms with E-state index >= 15 is 0 Å². The molecule has 0 saturated heterocycles. The van der Waals surface area contributed by atoms with Crippen molar-refractivity contribution in [2.24, 2.45) is 0 Å². The van der Waals surface area contributed by atoms with Gasteiger partial charge in [-0.25, -0.2) is 0 Å². The first-order chi connectivity index (χ1) is 4.45. The second-order valence-corrected chi connectivity index (χ2v) is 3.11. The van der Waals surface area contributed by atoms with Gasteiger partial charge in [0.25, 0.3) is 5.91 Å². The van der Waals surface area contributed by atoms with E-state index in [9.17, 15) is 4.79 Å². The lowest BCUT2D eigenvalue weighted by Crippen LogP contribution is -2.39. The Morgan fingerprint density at radius 2 is 2.00 bits per heavy atom. The molecule has 0 fully saturated rings. The Morgan fingerprint density at radius 1 is 1.50 bits per heavy atom. The van der Waals surface area contributed by atoms with Crippen molar-refractivity contribution in [2.75, 3.05) is 0 Å². The molecule has 0 atom stereocenters. The Balaban J connectivity index is 3.89. The van der Waals surface area contributed by atoms with Gasteiger partial charge in [-0.3, -0.25) is 4.79 Å². The fourth-order valence-electron chi connectivity index (χ4n) is 0.415. The van der Waals surface area contributed by atoms with Crippen molar-refractivity contribution in [1.29, 1.82) is 0 Å². The van der Waals surface area contributed by atoms with E-state index in [4.69, 9.17) is 11.6 Å². The number of nitrogens with one attached hydrogen (secondary N) is 1. The average Bonchev–Trinajstić information content (AvgIpc) is 1.59. The summed E-state index contributed by atoms with van der Waals surface area (Å²) in [6, 6.07) is 0. The Bertz CT molecular complexity index is 182. The molecule has 0 saturated carbocycles. The summed E-state index contributed by atoms with van der Waals surface area (Å²) in [6.07, 6.45) is 0. The molecule has 0 aromatic heterocycles. The van der Waals surface area contributed by atoms with Crippen LogP contribution >= 0.6 is 11.6 Å². The van der Waals surface area contributed by atoms with Crippen molar-refractivity contribution in [3.05, 3.63) is 0 Å². The van der Waals surface area contributed by atoms with Crippen LogP contribution in [-0.2, 0) is 4.79 Å². The Kier molecular flexibility index (Phi) is 3.24. The van der Waals surface area contributed by atoms with Gasteiger partial charge in [-0.2, -0.15) is 0 Å². The highest BCUT2D eigenvalue weighted by Gasteiger charge is 2.10. The molecule has 0 heterocycles. The monoisotopic (exact) mass is 159 g/mol. The van der Waals surface area contributed by atoms with Gasteiger partial charge >= 0.3 is 0 Å². The minimum Gasteiger partial charge on any atom is -0.341 e. The molecule has 0 aliphatic carbocycles. The normalized spacial score (nSPS) is 9.60. The highest BCUT2D eigenvalue weighted by Crippen LogP contribution is 1.96. The van der Waals surface area contributed by atoms with Crippen molar-refractivity contribution in [3.8, 4) is 11.3 Å². The summed E-state index contributed by atoms with van der Waals surface area (Å²) < 4.78 is 0. The zero-order valence-corrected chi connectivity index (χ0v) is 7.04. The third-order valence-electron chi connectivity index (χ3n) is 0.649. The smallest absolute Gasteiger partial charge is 0.297 e. The summed E-state index contributed by atoms with van der Waals surface area (Å²) in [5.74, 6) is 1.82. The molecule has 0 aromatic carbocycles. The molecule has 0 aromatic rings. The molecule has 0 aliphatic rings. The van der Waals surface area contributed by atoms with Crippen LogP contribution in [0.5, 0.6) is 0 Å². The zero-order valence-electron chi connectivity index (χ0n) is 6.29. The van der Waals surface area contributed by atoms with E-state index in [1.54, 1.807) is 0 Å². The van der Waals surface area contributed by atoms with Gasteiger partial charge in [0.15, 0.2) is 0 Å². The standard InChI is InChI=1S/C7H10ClNO/c1-7(2,3)9-6(10)4-5-8/h1-3H3,(H,9,10). The van der Waals surface area contributed by atoms with E-state index in [1.165, 1.54) is 0 Å². The van der Waals surface area contributed by atoms with Crippen molar-refractivity contribution < 1.29 is 4.79 Å². The predicted octanol–water partition coefficient (Wildman–Crippen LogP) is 1.10. The van der Waals surface area contributed by atoms with Crippen LogP contribution < -0.4 is 5.32 Å². The molecule has 2 nitrogen and oxygen atoms in total. The SMILES string of the molecule is CC(C)(C)NC(=O)C#CCl. The van der Waals surface area contributed by atoms with Crippen LogP contribution in [0.25, 0.3) is 0 Å². The van der Waals surface area contributed by atoms with Crippen LogP contribution in [0.3, 0.4) is 0 Å². The third-order valence-corrected chi connectivity index (χ3v) is 0.744. The molecule has 56 valence electrons. The summed E-state index contributed by atoms with van der Waals surface area (Å²) >= 11 is 5.00. The molecule has 3 heteroatoms. The number of halogens is 1. The Labute approximate surface area is 65.9 Å². The molecule has 1 N–H and O–H groups in total. The lowest BCUT2D eigenvalue weighted by atomic mass is 10.1. The molecular weight excluding hydrogens is 150 g/mol. The average molecular weight is 160 g/mol. The molecule has 10 heavy (non-hydrogen) atoms. The number of amides is 1. The number of carbonyl (C=O) groups excluding carboxylic acids is 1. The summed E-state index contributed by atoms with van der Waals surface area (Å²) in [5.41, 5.74) is -0.238. The molecule has 0 radical (unpaired) electrons. The van der Waals surface area contributed by atoms with Gasteiger partial charge < -0.3 is 5.32 Å². The second kappa shape index (κ2) is 3.48. The molecular formula is C7H10ClNO. The molecule has 0 aliphatic heterocycles. The number of hydrogen-bond donors (Lipinski definition) is 1. The maximum absolute atomic E-state index is 10.7. The van der Waals surface area contributed by atoms with E-state index in [1.807, 2.05) is 26.2 Å². The van der Waals surface area contributed by atoms with Crippen LogP contribution in [0.15, 0.2) is 0 Å². The van der Waals surface area contributed by atoms with Crippen LogP contribution in [0.2, 0.25) is 0 Å². The van der Waals surface area contributed by atoms with Crippen LogP contribution in [0, 0.1) is 11.3 Å². The number of rotatable bonds is 0. The molecule has 0 spiro atoms. The lowest BCUT2D eigenvalue weighted by Gasteiger charge is -2.17. The van der Waals surface area contributed by atoms with Gasteiger partial charge in [-0.1, -0.05) is 0 Å². The minimum absolute atomic E-state index is 0.238. The first-order valence-corrected chi connectivity index (χ1v) is 3.27. The van der Waals surface area contributed by atoms with E-state index in [0.717, 1.165) is 0 Å². The van der Waals surface area contributed by atoms with Gasteiger partial charge in [0.05, 0.1) is 0 Å². The summed E-state index contributed by atoms with van der Waals surface area (Å²) in [4.78, 5) is 10.7. The maximum atomic E-state index is 10.7. The van der Waals surface area contributed by atoms with Gasteiger partial charge in [-0.15, -0.1) is 0 Å². The van der Waals surface area contributed by atoms with E-state index in [-0.39, 0.29) is 11.4 Å². The molecule has 0 bridgehead atoms. The molecule has 0 unspecified atom stereocenters. The molecule has 1 amide bonds. The van der Waals surface area contributed by atoms with E-state index < -0.39 is 0 Å². The van der Waals surface area contributed by atoms with Crippen LogP contribution in [-0.4, -0.2) is 11.4 Å². The highest BCUT2D eigenvalue weighted by atomic mass is 35.5. The van der Waals surface area contributed by atoms with Crippen molar-refractivity contribution in [3.63, 3.8) is 0 Å². The van der Waals surface area contributed by atoms with Crippen LogP contribution in [0.1, 0.15) is 20.8 Å². The molecule has 0 rings (SSSR count). The summed E-state index contributed by atoms with van der Waals surface area (Å²) in [7, 11) is 0. The third kappa shape index (κ3) is 5.46. The van der Waals surface area contributed by atoms with Crippen molar-refractivity contribution >= 4 is 17.5 Å².